The molecule has 190 valence electrons. The van der Waals surface area contributed by atoms with Crippen molar-refractivity contribution in [2.45, 2.75) is 82.5 Å². The van der Waals surface area contributed by atoms with Crippen molar-refractivity contribution in [2.24, 2.45) is 0 Å². The first-order valence-corrected chi connectivity index (χ1v) is 14.5. The molecule has 2 aliphatic carbocycles. The van der Waals surface area contributed by atoms with E-state index in [4.69, 9.17) is 4.74 Å². The Labute approximate surface area is 220 Å². The van der Waals surface area contributed by atoms with Crippen LogP contribution in [0.3, 0.4) is 0 Å². The molecular weight excluding hydrogens is 492 g/mol. The maximum atomic E-state index is 13.0. The fourth-order valence-electron chi connectivity index (χ4n) is 4.96. The van der Waals surface area contributed by atoms with Gasteiger partial charge in [0, 0.05) is 17.3 Å². The molecule has 36 heavy (non-hydrogen) atoms. The average molecular weight is 525 g/mol. The second-order valence-electron chi connectivity index (χ2n) is 9.65. The Bertz CT molecular complexity index is 1250. The zero-order chi connectivity index (χ0) is 25.2. The first-order chi connectivity index (χ1) is 17.5. The van der Waals surface area contributed by atoms with Crippen LogP contribution in [0.1, 0.15) is 84.1 Å². The van der Waals surface area contributed by atoms with E-state index >= 15 is 0 Å². The van der Waals surface area contributed by atoms with Gasteiger partial charge in [-0.2, -0.15) is 0 Å². The molecule has 2 unspecified atom stereocenters. The monoisotopic (exact) mass is 524 g/mol. The molecule has 1 amide bonds. The topological polar surface area (TPSA) is 86.1 Å². The van der Waals surface area contributed by atoms with Crippen LogP contribution in [0.25, 0.3) is 0 Å². The first kappa shape index (κ1) is 25.0. The summed E-state index contributed by atoms with van der Waals surface area (Å²) in [5.74, 6) is 1.55. The highest BCUT2D eigenvalue weighted by atomic mass is 32.2. The summed E-state index contributed by atoms with van der Waals surface area (Å²) in [7, 11) is 0. The lowest BCUT2D eigenvalue weighted by molar-refractivity contribution is -0.113. The number of carbonyl (C=O) groups excluding carboxylic acids is 2. The van der Waals surface area contributed by atoms with Crippen LogP contribution in [0.5, 0.6) is 0 Å². The number of hydrogen-bond acceptors (Lipinski definition) is 7. The fourth-order valence-corrected chi connectivity index (χ4v) is 7.07. The molecule has 3 aromatic rings. The summed E-state index contributed by atoms with van der Waals surface area (Å²) < 4.78 is 7.63. The molecule has 1 aromatic carbocycles. The minimum Gasteiger partial charge on any atom is -0.459 e. The number of thioether (sulfide) groups is 1. The molecule has 1 saturated carbocycles. The van der Waals surface area contributed by atoms with Crippen LogP contribution in [0.2, 0.25) is 0 Å². The van der Waals surface area contributed by atoms with Crippen LogP contribution in [0.15, 0.2) is 35.5 Å². The summed E-state index contributed by atoms with van der Waals surface area (Å²) in [5.41, 5.74) is 2.93. The van der Waals surface area contributed by atoms with Crippen LogP contribution in [0.4, 0.5) is 5.00 Å². The van der Waals surface area contributed by atoms with E-state index in [2.05, 4.69) is 51.3 Å². The van der Waals surface area contributed by atoms with E-state index in [9.17, 15) is 9.59 Å². The second kappa shape index (κ2) is 10.8. The largest absolute Gasteiger partial charge is 0.459 e. The maximum Gasteiger partial charge on any atom is 0.341 e. The van der Waals surface area contributed by atoms with Crippen molar-refractivity contribution in [3.8, 4) is 0 Å². The maximum absolute atomic E-state index is 13.0. The summed E-state index contributed by atoms with van der Waals surface area (Å²) in [4.78, 5) is 27.0. The molecule has 7 nitrogen and oxygen atoms in total. The van der Waals surface area contributed by atoms with Crippen molar-refractivity contribution < 1.29 is 14.3 Å². The second-order valence-corrected chi connectivity index (χ2v) is 11.7. The zero-order valence-electron chi connectivity index (χ0n) is 21.0. The molecule has 0 bridgehead atoms. The summed E-state index contributed by atoms with van der Waals surface area (Å²) >= 11 is 2.90. The van der Waals surface area contributed by atoms with E-state index < -0.39 is 0 Å². The molecule has 1 fully saturated rings. The highest BCUT2D eigenvalue weighted by Crippen LogP contribution is 2.54. The third kappa shape index (κ3) is 5.22. The van der Waals surface area contributed by atoms with Gasteiger partial charge in [-0.05, 0) is 69.9 Å². The SMILES string of the molecule is CCn1c(SCC(=O)Nc2sc3c(c2C(=O)OC(C)C)CCCC3)nnc1C1CC1c1ccccc1. The van der Waals surface area contributed by atoms with Gasteiger partial charge < -0.3 is 14.6 Å². The Morgan fingerprint density at radius 3 is 2.69 bits per heavy atom. The lowest BCUT2D eigenvalue weighted by atomic mass is 9.95. The summed E-state index contributed by atoms with van der Waals surface area (Å²) in [5, 5.41) is 13.3. The Kier molecular flexibility index (Phi) is 7.48. The molecule has 5 rings (SSSR count). The predicted molar refractivity (Wildman–Crippen MR) is 143 cm³/mol. The highest BCUT2D eigenvalue weighted by Gasteiger charge is 2.43. The molecule has 0 spiro atoms. The smallest absolute Gasteiger partial charge is 0.341 e. The number of aromatic nitrogens is 3. The standard InChI is InChI=1S/C27H32N4O3S2/c1-4-31-24(20-14-19(20)17-10-6-5-7-11-17)29-30-27(31)35-15-22(32)28-25-23(26(33)34-16(2)3)18-12-8-9-13-21(18)36-25/h5-7,10-11,16,19-20H,4,8-9,12-15H2,1-3H3,(H,28,32). The number of fused-ring (bicyclic) bond motifs is 1. The number of amides is 1. The van der Waals surface area contributed by atoms with Crippen molar-refractivity contribution in [1.29, 1.82) is 0 Å². The molecule has 2 heterocycles. The molecule has 2 atom stereocenters. The van der Waals surface area contributed by atoms with Crippen molar-refractivity contribution in [3.05, 3.63) is 57.7 Å². The minimum absolute atomic E-state index is 0.155. The average Bonchev–Trinajstić information content (AvgIpc) is 3.41. The van der Waals surface area contributed by atoms with Gasteiger partial charge in [-0.3, -0.25) is 4.79 Å². The van der Waals surface area contributed by atoms with Crippen LogP contribution < -0.4 is 5.32 Å². The van der Waals surface area contributed by atoms with Gasteiger partial charge in [0.05, 0.1) is 17.4 Å². The number of nitrogens with zero attached hydrogens (tertiary/aromatic N) is 3. The molecule has 9 heteroatoms. The van der Waals surface area contributed by atoms with Gasteiger partial charge in [-0.25, -0.2) is 4.79 Å². The molecule has 0 saturated heterocycles. The third-order valence-electron chi connectivity index (χ3n) is 6.71. The number of thiophene rings is 1. The van der Waals surface area contributed by atoms with Crippen molar-refractivity contribution in [3.63, 3.8) is 0 Å². The fraction of sp³-hybridized carbons (Fsp3) is 0.481. The van der Waals surface area contributed by atoms with E-state index in [0.29, 0.717) is 22.4 Å². The first-order valence-electron chi connectivity index (χ1n) is 12.7. The number of nitrogens with one attached hydrogen (secondary N) is 1. The van der Waals surface area contributed by atoms with Gasteiger partial charge in [0.1, 0.15) is 10.8 Å². The zero-order valence-corrected chi connectivity index (χ0v) is 22.6. The van der Waals surface area contributed by atoms with Crippen molar-refractivity contribution in [2.75, 3.05) is 11.1 Å². The number of benzene rings is 1. The molecule has 0 aliphatic heterocycles. The summed E-state index contributed by atoms with van der Waals surface area (Å²) in [6.45, 7) is 6.52. The van der Waals surface area contributed by atoms with E-state index in [0.717, 1.165) is 55.2 Å². The van der Waals surface area contributed by atoms with Crippen LogP contribution in [-0.4, -0.2) is 38.5 Å². The predicted octanol–water partition coefficient (Wildman–Crippen LogP) is 5.81. The number of carbonyl (C=O) groups is 2. The quantitative estimate of drug-likeness (QED) is 0.281. The molecule has 0 radical (unpaired) electrons. The van der Waals surface area contributed by atoms with Crippen LogP contribution in [0, 0.1) is 0 Å². The number of hydrogen-bond donors (Lipinski definition) is 1. The van der Waals surface area contributed by atoms with Crippen LogP contribution in [-0.2, 0) is 28.9 Å². The lowest BCUT2D eigenvalue weighted by Crippen LogP contribution is -2.19. The Morgan fingerprint density at radius 2 is 1.94 bits per heavy atom. The van der Waals surface area contributed by atoms with E-state index in [-0.39, 0.29) is 23.7 Å². The van der Waals surface area contributed by atoms with Gasteiger partial charge in [0.2, 0.25) is 5.91 Å². The molecule has 1 N–H and O–H groups in total. The van der Waals surface area contributed by atoms with E-state index in [1.807, 2.05) is 19.9 Å². The summed E-state index contributed by atoms with van der Waals surface area (Å²) in [6, 6.07) is 10.5. The Balaban J connectivity index is 1.26. The van der Waals surface area contributed by atoms with Gasteiger partial charge in [0.15, 0.2) is 5.16 Å². The number of aryl methyl sites for hydroxylation is 1. The lowest BCUT2D eigenvalue weighted by Gasteiger charge is -2.14. The normalized spacial score (nSPS) is 18.7. The van der Waals surface area contributed by atoms with Crippen molar-refractivity contribution in [1.82, 2.24) is 14.8 Å². The summed E-state index contributed by atoms with van der Waals surface area (Å²) in [6.07, 6.45) is 4.82. The number of anilines is 1. The van der Waals surface area contributed by atoms with Crippen LogP contribution >= 0.6 is 23.1 Å². The van der Waals surface area contributed by atoms with Gasteiger partial charge in [-0.1, -0.05) is 42.1 Å². The molecule has 2 aromatic heterocycles. The van der Waals surface area contributed by atoms with Gasteiger partial charge in [-0.15, -0.1) is 21.5 Å². The number of rotatable bonds is 9. The number of ether oxygens (including phenoxy) is 1. The van der Waals surface area contributed by atoms with Gasteiger partial charge >= 0.3 is 5.97 Å². The minimum atomic E-state index is -0.347. The van der Waals surface area contributed by atoms with Gasteiger partial charge in [0.25, 0.3) is 0 Å². The molecular formula is C27H32N4O3S2. The molecule has 2 aliphatic rings. The number of esters is 1. The Hall–Kier alpha value is -2.65. The third-order valence-corrected chi connectivity index (χ3v) is 8.89. The Morgan fingerprint density at radius 1 is 1.17 bits per heavy atom. The van der Waals surface area contributed by atoms with E-state index in [1.165, 1.54) is 33.5 Å². The van der Waals surface area contributed by atoms with Crippen molar-refractivity contribution >= 4 is 40.0 Å². The highest BCUT2D eigenvalue weighted by molar-refractivity contribution is 7.99. The van der Waals surface area contributed by atoms with E-state index in [1.54, 1.807) is 0 Å².